The van der Waals surface area contributed by atoms with Crippen LogP contribution in [0.3, 0.4) is 0 Å². The van der Waals surface area contributed by atoms with Crippen LogP contribution >= 0.6 is 0 Å². The monoisotopic (exact) mass is 320 g/mol. The van der Waals surface area contributed by atoms with E-state index in [0.717, 1.165) is 0 Å². The lowest BCUT2D eigenvalue weighted by Gasteiger charge is -2.33. The van der Waals surface area contributed by atoms with Gasteiger partial charge in [0.1, 0.15) is 0 Å². The van der Waals surface area contributed by atoms with Crippen LogP contribution in [0.5, 0.6) is 0 Å². The standard InChI is InChI=1S/C13H24N2O5S/c1-4-21(19,20)15-7-5-6-11(9-15)12(16)14(3)8-10(2)13(17)18/h10-11H,4-9H2,1-3H3,(H,17,18). The second kappa shape index (κ2) is 7.22. The Morgan fingerprint density at radius 3 is 2.57 bits per heavy atom. The first kappa shape index (κ1) is 17.9. The van der Waals surface area contributed by atoms with Crippen LogP contribution in [0.1, 0.15) is 26.7 Å². The van der Waals surface area contributed by atoms with Crippen LogP contribution in [-0.2, 0) is 19.6 Å². The molecule has 0 saturated carbocycles. The van der Waals surface area contributed by atoms with Gasteiger partial charge in [-0.2, -0.15) is 0 Å². The summed E-state index contributed by atoms with van der Waals surface area (Å²) in [5.74, 6) is -2.13. The molecule has 1 aliphatic rings. The molecule has 21 heavy (non-hydrogen) atoms. The van der Waals surface area contributed by atoms with Gasteiger partial charge in [-0.15, -0.1) is 0 Å². The predicted molar refractivity (Wildman–Crippen MR) is 78.2 cm³/mol. The minimum Gasteiger partial charge on any atom is -0.481 e. The number of hydrogen-bond acceptors (Lipinski definition) is 4. The summed E-state index contributed by atoms with van der Waals surface area (Å²) in [6.07, 6.45) is 1.29. The fourth-order valence-corrected chi connectivity index (χ4v) is 3.65. The summed E-state index contributed by atoms with van der Waals surface area (Å²) in [5, 5.41) is 8.88. The number of piperidine rings is 1. The quantitative estimate of drug-likeness (QED) is 0.756. The van der Waals surface area contributed by atoms with Gasteiger partial charge in [-0.3, -0.25) is 9.59 Å². The molecule has 0 aromatic heterocycles. The second-order valence-electron chi connectivity index (χ2n) is 5.56. The van der Waals surface area contributed by atoms with Gasteiger partial charge in [0.2, 0.25) is 15.9 Å². The molecule has 2 atom stereocenters. The van der Waals surface area contributed by atoms with Crippen molar-refractivity contribution in [3.63, 3.8) is 0 Å². The number of rotatable bonds is 6. The average Bonchev–Trinajstić information content (AvgIpc) is 2.46. The number of nitrogens with zero attached hydrogens (tertiary/aromatic N) is 2. The van der Waals surface area contributed by atoms with E-state index in [2.05, 4.69) is 0 Å². The van der Waals surface area contributed by atoms with Crippen LogP contribution in [0.15, 0.2) is 0 Å². The SMILES string of the molecule is CCS(=O)(=O)N1CCCC(C(=O)N(C)CC(C)C(=O)O)C1. The molecule has 0 radical (unpaired) electrons. The molecule has 0 aromatic carbocycles. The molecular weight excluding hydrogens is 296 g/mol. The third-order valence-corrected chi connectivity index (χ3v) is 5.69. The minimum atomic E-state index is -3.28. The van der Waals surface area contributed by atoms with Crippen molar-refractivity contribution >= 4 is 21.9 Å². The third-order valence-electron chi connectivity index (χ3n) is 3.84. The van der Waals surface area contributed by atoms with Gasteiger partial charge in [0.15, 0.2) is 0 Å². The van der Waals surface area contributed by atoms with E-state index < -0.39 is 21.9 Å². The second-order valence-corrected chi connectivity index (χ2v) is 7.81. The maximum atomic E-state index is 12.3. The summed E-state index contributed by atoms with van der Waals surface area (Å²) >= 11 is 0. The Labute approximate surface area is 126 Å². The molecule has 1 fully saturated rings. The van der Waals surface area contributed by atoms with E-state index in [-0.39, 0.29) is 30.7 Å². The zero-order valence-electron chi connectivity index (χ0n) is 12.8. The Balaban J connectivity index is 2.68. The number of sulfonamides is 1. The third kappa shape index (κ3) is 4.67. The van der Waals surface area contributed by atoms with Crippen molar-refractivity contribution in [2.45, 2.75) is 26.7 Å². The van der Waals surface area contributed by atoms with E-state index in [1.54, 1.807) is 20.9 Å². The molecule has 122 valence electrons. The number of aliphatic carboxylic acids is 1. The van der Waals surface area contributed by atoms with E-state index in [1.807, 2.05) is 0 Å². The number of carbonyl (C=O) groups is 2. The highest BCUT2D eigenvalue weighted by Crippen LogP contribution is 2.21. The molecule has 1 aliphatic heterocycles. The molecule has 1 N–H and O–H groups in total. The van der Waals surface area contributed by atoms with Crippen LogP contribution in [0.2, 0.25) is 0 Å². The number of hydrogen-bond donors (Lipinski definition) is 1. The minimum absolute atomic E-state index is 0.0276. The molecule has 1 heterocycles. The highest BCUT2D eigenvalue weighted by Gasteiger charge is 2.33. The molecule has 0 spiro atoms. The first-order valence-corrected chi connectivity index (χ1v) is 8.75. The molecule has 1 amide bonds. The maximum absolute atomic E-state index is 12.3. The molecule has 1 saturated heterocycles. The molecule has 1 rings (SSSR count). The van der Waals surface area contributed by atoms with Crippen LogP contribution in [-0.4, -0.2) is 67.0 Å². The first-order chi connectivity index (χ1) is 9.69. The maximum Gasteiger partial charge on any atom is 0.308 e. The van der Waals surface area contributed by atoms with Gasteiger partial charge < -0.3 is 10.0 Å². The molecule has 2 unspecified atom stereocenters. The van der Waals surface area contributed by atoms with Crippen LogP contribution in [0.25, 0.3) is 0 Å². The fraction of sp³-hybridized carbons (Fsp3) is 0.846. The molecular formula is C13H24N2O5S. The molecule has 7 nitrogen and oxygen atoms in total. The Hall–Kier alpha value is -1.15. The average molecular weight is 320 g/mol. The highest BCUT2D eigenvalue weighted by molar-refractivity contribution is 7.89. The molecule has 0 bridgehead atoms. The number of carboxylic acid groups (broad SMARTS) is 1. The largest absolute Gasteiger partial charge is 0.481 e. The summed E-state index contributed by atoms with van der Waals surface area (Å²) in [5.41, 5.74) is 0. The van der Waals surface area contributed by atoms with E-state index in [1.165, 1.54) is 9.21 Å². The highest BCUT2D eigenvalue weighted by atomic mass is 32.2. The topological polar surface area (TPSA) is 95.0 Å². The van der Waals surface area contributed by atoms with Gasteiger partial charge in [0.05, 0.1) is 17.6 Å². The van der Waals surface area contributed by atoms with Crippen LogP contribution in [0.4, 0.5) is 0 Å². The van der Waals surface area contributed by atoms with Gasteiger partial charge in [-0.25, -0.2) is 12.7 Å². The van der Waals surface area contributed by atoms with Gasteiger partial charge in [0.25, 0.3) is 0 Å². The Kier molecular flexibility index (Phi) is 6.15. The molecule has 0 aromatic rings. The predicted octanol–water partition coefficient (Wildman–Crippen LogP) is 0.227. The Morgan fingerprint density at radius 1 is 1.43 bits per heavy atom. The smallest absolute Gasteiger partial charge is 0.308 e. The first-order valence-electron chi connectivity index (χ1n) is 7.14. The summed E-state index contributed by atoms with van der Waals surface area (Å²) < 4.78 is 25.1. The van der Waals surface area contributed by atoms with E-state index in [0.29, 0.717) is 19.4 Å². The van der Waals surface area contributed by atoms with E-state index in [4.69, 9.17) is 5.11 Å². The zero-order chi connectivity index (χ0) is 16.2. The van der Waals surface area contributed by atoms with Crippen LogP contribution in [0, 0.1) is 11.8 Å². The van der Waals surface area contributed by atoms with E-state index in [9.17, 15) is 18.0 Å². The van der Waals surface area contributed by atoms with Gasteiger partial charge in [-0.1, -0.05) is 6.92 Å². The normalized spacial score (nSPS) is 21.8. The number of carbonyl (C=O) groups excluding carboxylic acids is 1. The lowest BCUT2D eigenvalue weighted by molar-refractivity contribution is -0.143. The van der Waals surface area contributed by atoms with Gasteiger partial charge in [-0.05, 0) is 19.8 Å². The lowest BCUT2D eigenvalue weighted by Crippen LogP contribution is -2.47. The van der Waals surface area contributed by atoms with Gasteiger partial charge >= 0.3 is 5.97 Å². The lowest BCUT2D eigenvalue weighted by atomic mass is 9.98. The summed E-state index contributed by atoms with van der Waals surface area (Å²) in [7, 11) is -1.72. The summed E-state index contributed by atoms with van der Waals surface area (Å²) in [6.45, 7) is 3.91. The number of carboxylic acids is 1. The van der Waals surface area contributed by atoms with Crippen molar-refractivity contribution in [3.8, 4) is 0 Å². The van der Waals surface area contributed by atoms with Crippen LogP contribution < -0.4 is 0 Å². The summed E-state index contributed by atoms with van der Waals surface area (Å²) in [4.78, 5) is 24.6. The van der Waals surface area contributed by atoms with Crippen molar-refractivity contribution in [1.82, 2.24) is 9.21 Å². The summed E-state index contributed by atoms with van der Waals surface area (Å²) in [6, 6.07) is 0. The van der Waals surface area contributed by atoms with Crippen molar-refractivity contribution in [1.29, 1.82) is 0 Å². The fourth-order valence-electron chi connectivity index (χ4n) is 2.47. The zero-order valence-corrected chi connectivity index (χ0v) is 13.6. The van der Waals surface area contributed by atoms with Crippen molar-refractivity contribution in [3.05, 3.63) is 0 Å². The van der Waals surface area contributed by atoms with Crippen molar-refractivity contribution < 1.29 is 23.1 Å². The van der Waals surface area contributed by atoms with Crippen molar-refractivity contribution in [2.75, 3.05) is 32.4 Å². The molecule has 0 aliphatic carbocycles. The number of amides is 1. The molecule has 8 heteroatoms. The Bertz CT molecular complexity index is 491. The van der Waals surface area contributed by atoms with Gasteiger partial charge in [0, 0.05) is 26.7 Å². The Morgan fingerprint density at radius 2 is 2.05 bits per heavy atom. The van der Waals surface area contributed by atoms with Crippen molar-refractivity contribution in [2.24, 2.45) is 11.8 Å². The van der Waals surface area contributed by atoms with E-state index >= 15 is 0 Å².